The van der Waals surface area contributed by atoms with Crippen molar-refractivity contribution in [2.45, 2.75) is 37.8 Å². The Morgan fingerprint density at radius 3 is 2.88 bits per heavy atom. The van der Waals surface area contributed by atoms with Crippen molar-refractivity contribution in [1.29, 1.82) is 0 Å². The van der Waals surface area contributed by atoms with E-state index in [1.165, 1.54) is 12.8 Å². The number of rotatable bonds is 1. The van der Waals surface area contributed by atoms with Gasteiger partial charge in [-0.05, 0) is 37.8 Å². The molecule has 16 heavy (non-hydrogen) atoms. The second-order valence-corrected chi connectivity index (χ2v) is 6.10. The zero-order valence-electron chi connectivity index (χ0n) is 9.37. The highest BCUT2D eigenvalue weighted by atomic mass is 79.9. The Bertz CT molecular complexity index is 430. The molecule has 1 fully saturated rings. The lowest BCUT2D eigenvalue weighted by molar-refractivity contribution is 0.0324. The number of halogens is 1. The quantitative estimate of drug-likeness (QED) is 0.856. The van der Waals surface area contributed by atoms with Gasteiger partial charge in [0.05, 0.1) is 0 Å². The van der Waals surface area contributed by atoms with Gasteiger partial charge in [-0.25, -0.2) is 0 Å². The molecule has 2 aliphatic rings. The molecular weight excluding hydrogens is 266 g/mol. The summed E-state index contributed by atoms with van der Waals surface area (Å²) in [6, 6.07) is 6.25. The van der Waals surface area contributed by atoms with Gasteiger partial charge in [0.2, 0.25) is 0 Å². The Kier molecular flexibility index (Phi) is 2.30. The van der Waals surface area contributed by atoms with E-state index in [1.807, 2.05) is 12.1 Å². The molecule has 1 unspecified atom stereocenters. The monoisotopic (exact) mass is 281 g/mol. The molecule has 3 heteroatoms. The second-order valence-electron chi connectivity index (χ2n) is 5.18. The van der Waals surface area contributed by atoms with Crippen LogP contribution in [-0.4, -0.2) is 5.60 Å². The minimum atomic E-state index is -0.0484. The molecule has 1 saturated carbocycles. The van der Waals surface area contributed by atoms with Crippen LogP contribution in [-0.2, 0) is 0 Å². The summed E-state index contributed by atoms with van der Waals surface area (Å²) < 4.78 is 7.24. The molecule has 2 N–H and O–H groups in total. The van der Waals surface area contributed by atoms with Crippen molar-refractivity contribution in [2.75, 3.05) is 0 Å². The van der Waals surface area contributed by atoms with Gasteiger partial charge < -0.3 is 10.5 Å². The molecule has 1 aromatic carbocycles. The second kappa shape index (κ2) is 3.47. The first-order valence-corrected chi connectivity index (χ1v) is 6.62. The van der Waals surface area contributed by atoms with Crippen LogP contribution in [0.3, 0.4) is 0 Å². The van der Waals surface area contributed by atoms with E-state index in [-0.39, 0.29) is 11.6 Å². The number of hydrogen-bond donors (Lipinski definition) is 1. The molecule has 0 aromatic heterocycles. The van der Waals surface area contributed by atoms with Crippen molar-refractivity contribution in [3.05, 3.63) is 28.2 Å². The molecule has 1 aliphatic heterocycles. The molecule has 0 saturated heterocycles. The Morgan fingerprint density at radius 2 is 2.19 bits per heavy atom. The summed E-state index contributed by atoms with van der Waals surface area (Å²) in [6.07, 6.45) is 3.51. The summed E-state index contributed by atoms with van der Waals surface area (Å²) in [5.74, 6) is 1.66. The third kappa shape index (κ3) is 1.66. The lowest BCUT2D eigenvalue weighted by atomic mass is 9.85. The first-order chi connectivity index (χ1) is 7.58. The van der Waals surface area contributed by atoms with Crippen LogP contribution in [0.2, 0.25) is 0 Å². The van der Waals surface area contributed by atoms with E-state index in [9.17, 15) is 0 Å². The lowest BCUT2D eigenvalue weighted by Gasteiger charge is -2.39. The number of fused-ring (bicyclic) bond motifs is 1. The van der Waals surface area contributed by atoms with Crippen LogP contribution in [0.5, 0.6) is 5.75 Å². The summed E-state index contributed by atoms with van der Waals surface area (Å²) in [6.45, 7) is 2.20. The largest absolute Gasteiger partial charge is 0.487 e. The van der Waals surface area contributed by atoms with E-state index in [4.69, 9.17) is 10.5 Å². The van der Waals surface area contributed by atoms with E-state index < -0.39 is 0 Å². The minimum Gasteiger partial charge on any atom is -0.487 e. The normalized spacial score (nSPS) is 33.1. The minimum absolute atomic E-state index is 0.0484. The molecule has 86 valence electrons. The molecular formula is C13H16BrNO. The summed E-state index contributed by atoms with van der Waals surface area (Å²) >= 11 is 3.48. The zero-order chi connectivity index (χ0) is 11.3. The average Bonchev–Trinajstić information content (AvgIpc) is 2.99. The lowest BCUT2D eigenvalue weighted by Crippen LogP contribution is -2.42. The Labute approximate surface area is 104 Å². The highest BCUT2D eigenvalue weighted by Gasteiger charge is 2.47. The van der Waals surface area contributed by atoms with Crippen molar-refractivity contribution < 1.29 is 4.74 Å². The van der Waals surface area contributed by atoms with Crippen LogP contribution in [0, 0.1) is 5.92 Å². The molecule has 0 radical (unpaired) electrons. The van der Waals surface area contributed by atoms with Gasteiger partial charge >= 0.3 is 0 Å². The SMILES string of the molecule is CC1(C2CC2)C[C@H](N)c2ccc(Br)cc2O1. The first kappa shape index (κ1) is 10.6. The summed E-state index contributed by atoms with van der Waals surface area (Å²) in [5.41, 5.74) is 7.33. The van der Waals surface area contributed by atoms with Gasteiger partial charge in [-0.1, -0.05) is 22.0 Å². The van der Waals surface area contributed by atoms with Crippen LogP contribution < -0.4 is 10.5 Å². The number of nitrogens with two attached hydrogens (primary N) is 1. The maximum absolute atomic E-state index is 6.24. The third-order valence-electron chi connectivity index (χ3n) is 3.78. The van der Waals surface area contributed by atoms with Crippen molar-refractivity contribution in [3.63, 3.8) is 0 Å². The van der Waals surface area contributed by atoms with Gasteiger partial charge in [-0.15, -0.1) is 0 Å². The number of ether oxygens (including phenoxy) is 1. The number of hydrogen-bond acceptors (Lipinski definition) is 2. The van der Waals surface area contributed by atoms with E-state index in [1.54, 1.807) is 0 Å². The maximum Gasteiger partial charge on any atom is 0.126 e. The topological polar surface area (TPSA) is 35.2 Å². The highest BCUT2D eigenvalue weighted by molar-refractivity contribution is 9.10. The van der Waals surface area contributed by atoms with E-state index in [0.29, 0.717) is 5.92 Å². The van der Waals surface area contributed by atoms with E-state index >= 15 is 0 Å². The third-order valence-corrected chi connectivity index (χ3v) is 4.28. The molecule has 1 aromatic rings. The van der Waals surface area contributed by atoms with Gasteiger partial charge in [-0.3, -0.25) is 0 Å². The van der Waals surface area contributed by atoms with E-state index in [2.05, 4.69) is 28.9 Å². The van der Waals surface area contributed by atoms with Crippen LogP contribution in [0.1, 0.15) is 37.8 Å². The molecule has 2 nitrogen and oxygen atoms in total. The van der Waals surface area contributed by atoms with Crippen LogP contribution in [0.25, 0.3) is 0 Å². The van der Waals surface area contributed by atoms with E-state index in [0.717, 1.165) is 22.2 Å². The van der Waals surface area contributed by atoms with Crippen LogP contribution >= 0.6 is 15.9 Å². The standard InChI is InChI=1S/C13H16BrNO/c1-13(8-2-3-8)7-11(15)10-5-4-9(14)6-12(10)16-13/h4-6,8,11H,2-3,7,15H2,1H3/t11-,13?/m0/s1. The van der Waals surface area contributed by atoms with Gasteiger partial charge in [0.1, 0.15) is 11.4 Å². The summed E-state index contributed by atoms with van der Waals surface area (Å²) in [4.78, 5) is 0. The zero-order valence-corrected chi connectivity index (χ0v) is 11.0. The average molecular weight is 282 g/mol. The van der Waals surface area contributed by atoms with Crippen LogP contribution in [0.15, 0.2) is 22.7 Å². The molecule has 0 amide bonds. The van der Waals surface area contributed by atoms with Gasteiger partial charge in [0, 0.05) is 22.5 Å². The predicted molar refractivity (Wildman–Crippen MR) is 67.4 cm³/mol. The molecule has 1 aliphatic carbocycles. The maximum atomic E-state index is 6.24. The Hall–Kier alpha value is -0.540. The smallest absolute Gasteiger partial charge is 0.126 e. The highest BCUT2D eigenvalue weighted by Crippen LogP contribution is 2.50. The fourth-order valence-corrected chi connectivity index (χ4v) is 3.03. The summed E-state index contributed by atoms with van der Waals surface area (Å²) in [5, 5.41) is 0. The fourth-order valence-electron chi connectivity index (χ4n) is 2.69. The van der Waals surface area contributed by atoms with Crippen molar-refractivity contribution in [3.8, 4) is 5.75 Å². The van der Waals surface area contributed by atoms with Crippen molar-refractivity contribution in [1.82, 2.24) is 0 Å². The number of benzene rings is 1. The molecule has 0 spiro atoms. The Balaban J connectivity index is 2.00. The molecule has 1 heterocycles. The van der Waals surface area contributed by atoms with Gasteiger partial charge in [0.15, 0.2) is 0 Å². The van der Waals surface area contributed by atoms with Crippen LogP contribution in [0.4, 0.5) is 0 Å². The molecule has 2 atom stereocenters. The molecule has 0 bridgehead atoms. The van der Waals surface area contributed by atoms with Gasteiger partial charge in [0.25, 0.3) is 0 Å². The molecule has 3 rings (SSSR count). The van der Waals surface area contributed by atoms with Gasteiger partial charge in [-0.2, -0.15) is 0 Å². The van der Waals surface area contributed by atoms with Crippen molar-refractivity contribution in [2.24, 2.45) is 11.7 Å². The summed E-state index contributed by atoms with van der Waals surface area (Å²) in [7, 11) is 0. The predicted octanol–water partition coefficient (Wildman–Crippen LogP) is 3.40. The Morgan fingerprint density at radius 1 is 1.44 bits per heavy atom. The van der Waals surface area contributed by atoms with Crippen molar-refractivity contribution >= 4 is 15.9 Å². The first-order valence-electron chi connectivity index (χ1n) is 5.82. The fraction of sp³-hybridized carbons (Fsp3) is 0.538.